The number of anilines is 1. The normalized spacial score (nSPS) is 11.6. The highest BCUT2D eigenvalue weighted by Crippen LogP contribution is 2.30. The predicted octanol–water partition coefficient (Wildman–Crippen LogP) is 5.74. The van der Waals surface area contributed by atoms with Crippen LogP contribution in [0.2, 0.25) is 10.0 Å². The second-order valence-electron chi connectivity index (χ2n) is 6.90. The number of hydrogen-bond donors (Lipinski definition) is 2. The molecule has 2 N–H and O–H groups in total. The maximum absolute atomic E-state index is 13.1. The van der Waals surface area contributed by atoms with Gasteiger partial charge in [-0.2, -0.15) is 0 Å². The number of aromatic nitrogens is 1. The number of hydrogen-bond acceptors (Lipinski definition) is 3. The van der Waals surface area contributed by atoms with E-state index < -0.39 is 10.0 Å². The van der Waals surface area contributed by atoms with Gasteiger partial charge in [0.1, 0.15) is 0 Å². The molecular formula is C22H16Cl2N2O3S. The molecule has 0 spiro atoms. The lowest BCUT2D eigenvalue weighted by Crippen LogP contribution is -2.09. The zero-order chi connectivity index (χ0) is 21.5. The molecule has 0 unspecified atom stereocenters. The average molecular weight is 459 g/mol. The predicted molar refractivity (Wildman–Crippen MR) is 122 cm³/mol. The van der Waals surface area contributed by atoms with Crippen molar-refractivity contribution in [1.82, 2.24) is 4.98 Å². The van der Waals surface area contributed by atoms with Crippen molar-refractivity contribution in [3.05, 3.63) is 88.0 Å². The number of ketones is 1. The lowest BCUT2D eigenvalue weighted by atomic mass is 9.99. The standard InChI is InChI=1S/C22H16Cl2N2O3S/c1-30(28,29)26-18-4-2-3-13(9-18)14-5-6-21-19(10-14)20(12-25-21)22(27)15-7-16(23)11-17(24)8-15/h2-12,25-26H,1H3. The Morgan fingerprint density at radius 3 is 2.33 bits per heavy atom. The number of benzene rings is 3. The van der Waals surface area contributed by atoms with Gasteiger partial charge in [-0.1, -0.05) is 41.4 Å². The average Bonchev–Trinajstić information content (AvgIpc) is 3.08. The minimum Gasteiger partial charge on any atom is -0.360 e. The lowest BCUT2D eigenvalue weighted by Gasteiger charge is -2.08. The van der Waals surface area contributed by atoms with E-state index in [1.807, 2.05) is 24.3 Å². The number of sulfonamides is 1. The van der Waals surface area contributed by atoms with E-state index in [-0.39, 0.29) is 5.78 Å². The Hall–Kier alpha value is -2.80. The molecule has 4 aromatic rings. The molecule has 0 atom stereocenters. The van der Waals surface area contributed by atoms with Crippen LogP contribution in [0.4, 0.5) is 5.69 Å². The molecule has 4 rings (SSSR count). The molecule has 0 aliphatic rings. The summed E-state index contributed by atoms with van der Waals surface area (Å²) in [5.41, 5.74) is 3.83. The van der Waals surface area contributed by atoms with E-state index in [4.69, 9.17) is 23.2 Å². The van der Waals surface area contributed by atoms with Crippen molar-refractivity contribution >= 4 is 55.6 Å². The molecule has 3 aromatic carbocycles. The highest BCUT2D eigenvalue weighted by atomic mass is 35.5. The summed E-state index contributed by atoms with van der Waals surface area (Å²) in [6.07, 6.45) is 2.76. The van der Waals surface area contributed by atoms with Gasteiger partial charge in [0.25, 0.3) is 0 Å². The van der Waals surface area contributed by atoms with Gasteiger partial charge in [0.15, 0.2) is 5.78 Å². The molecule has 0 fully saturated rings. The van der Waals surface area contributed by atoms with Gasteiger partial charge in [-0.3, -0.25) is 9.52 Å². The Morgan fingerprint density at radius 1 is 0.933 bits per heavy atom. The second kappa shape index (κ2) is 7.80. The molecule has 0 aliphatic heterocycles. The van der Waals surface area contributed by atoms with E-state index >= 15 is 0 Å². The number of fused-ring (bicyclic) bond motifs is 1. The molecule has 0 saturated heterocycles. The van der Waals surface area contributed by atoms with Crippen LogP contribution < -0.4 is 4.72 Å². The van der Waals surface area contributed by atoms with Crippen LogP contribution >= 0.6 is 23.2 Å². The number of H-pyrrole nitrogens is 1. The second-order valence-corrected chi connectivity index (χ2v) is 9.53. The summed E-state index contributed by atoms with van der Waals surface area (Å²) in [6.45, 7) is 0. The highest BCUT2D eigenvalue weighted by molar-refractivity contribution is 7.92. The van der Waals surface area contributed by atoms with Crippen molar-refractivity contribution in [3.63, 3.8) is 0 Å². The van der Waals surface area contributed by atoms with Crippen molar-refractivity contribution in [2.75, 3.05) is 11.0 Å². The summed E-state index contributed by atoms with van der Waals surface area (Å²) < 4.78 is 25.5. The van der Waals surface area contributed by atoms with Gasteiger partial charge in [0.2, 0.25) is 10.0 Å². The molecule has 0 saturated carbocycles. The van der Waals surface area contributed by atoms with Gasteiger partial charge in [-0.15, -0.1) is 0 Å². The van der Waals surface area contributed by atoms with Gasteiger partial charge in [0, 0.05) is 44.0 Å². The van der Waals surface area contributed by atoms with Gasteiger partial charge in [-0.25, -0.2) is 8.42 Å². The molecule has 0 amide bonds. The summed E-state index contributed by atoms with van der Waals surface area (Å²) in [6, 6.07) is 17.5. The monoisotopic (exact) mass is 458 g/mol. The van der Waals surface area contributed by atoms with Crippen LogP contribution in [0, 0.1) is 0 Å². The van der Waals surface area contributed by atoms with E-state index in [9.17, 15) is 13.2 Å². The maximum Gasteiger partial charge on any atom is 0.229 e. The maximum atomic E-state index is 13.1. The van der Waals surface area contributed by atoms with Gasteiger partial charge in [-0.05, 0) is 53.6 Å². The first kappa shape index (κ1) is 20.5. The van der Waals surface area contributed by atoms with Crippen molar-refractivity contribution in [3.8, 4) is 11.1 Å². The third-order valence-corrected chi connectivity index (χ3v) is 5.59. The van der Waals surface area contributed by atoms with Gasteiger partial charge >= 0.3 is 0 Å². The van der Waals surface area contributed by atoms with E-state index in [2.05, 4.69) is 9.71 Å². The molecule has 0 bridgehead atoms. The molecule has 152 valence electrons. The van der Waals surface area contributed by atoms with E-state index in [1.165, 1.54) is 0 Å². The van der Waals surface area contributed by atoms with E-state index in [0.29, 0.717) is 26.9 Å². The van der Waals surface area contributed by atoms with Crippen molar-refractivity contribution < 1.29 is 13.2 Å². The number of carbonyl (C=O) groups excluding carboxylic acids is 1. The van der Waals surface area contributed by atoms with Crippen molar-refractivity contribution in [2.45, 2.75) is 0 Å². The van der Waals surface area contributed by atoms with Crippen LogP contribution in [0.1, 0.15) is 15.9 Å². The lowest BCUT2D eigenvalue weighted by molar-refractivity contribution is 0.104. The summed E-state index contributed by atoms with van der Waals surface area (Å²) in [7, 11) is -3.38. The van der Waals surface area contributed by atoms with Crippen molar-refractivity contribution in [1.29, 1.82) is 0 Å². The minimum absolute atomic E-state index is 0.199. The number of halogens is 2. The number of rotatable bonds is 5. The largest absolute Gasteiger partial charge is 0.360 e. The minimum atomic E-state index is -3.38. The first-order valence-electron chi connectivity index (χ1n) is 8.90. The Labute approximate surface area is 183 Å². The molecular weight excluding hydrogens is 443 g/mol. The molecule has 1 aromatic heterocycles. The summed E-state index contributed by atoms with van der Waals surface area (Å²) >= 11 is 12.1. The summed E-state index contributed by atoms with van der Waals surface area (Å²) in [4.78, 5) is 16.2. The Morgan fingerprint density at radius 2 is 1.63 bits per heavy atom. The third-order valence-electron chi connectivity index (χ3n) is 4.55. The first-order valence-corrected chi connectivity index (χ1v) is 11.5. The van der Waals surface area contributed by atoms with Crippen molar-refractivity contribution in [2.24, 2.45) is 0 Å². The molecule has 5 nitrogen and oxygen atoms in total. The Kier molecular flexibility index (Phi) is 5.32. The quantitative estimate of drug-likeness (QED) is 0.374. The van der Waals surface area contributed by atoms with Crippen LogP contribution in [-0.2, 0) is 10.0 Å². The van der Waals surface area contributed by atoms with E-state index in [1.54, 1.807) is 42.6 Å². The van der Waals surface area contributed by atoms with Crippen LogP contribution in [-0.4, -0.2) is 25.4 Å². The molecule has 1 heterocycles. The fraction of sp³-hybridized carbons (Fsp3) is 0.0455. The number of aromatic amines is 1. The summed E-state index contributed by atoms with van der Waals surface area (Å²) in [5.74, 6) is -0.199. The molecule has 0 radical (unpaired) electrons. The highest BCUT2D eigenvalue weighted by Gasteiger charge is 2.16. The Balaban J connectivity index is 1.77. The number of carbonyl (C=O) groups is 1. The van der Waals surface area contributed by atoms with Gasteiger partial charge in [0.05, 0.1) is 6.26 Å². The topological polar surface area (TPSA) is 79.0 Å². The molecule has 30 heavy (non-hydrogen) atoms. The smallest absolute Gasteiger partial charge is 0.229 e. The zero-order valence-corrected chi connectivity index (χ0v) is 18.1. The first-order chi connectivity index (χ1) is 14.2. The van der Waals surface area contributed by atoms with Crippen LogP contribution in [0.3, 0.4) is 0 Å². The summed E-state index contributed by atoms with van der Waals surface area (Å²) in [5, 5.41) is 1.53. The SMILES string of the molecule is CS(=O)(=O)Nc1cccc(-c2ccc3[nH]cc(C(=O)c4cc(Cl)cc(Cl)c4)c3c2)c1. The fourth-order valence-electron chi connectivity index (χ4n) is 3.30. The van der Waals surface area contributed by atoms with Crippen LogP contribution in [0.25, 0.3) is 22.0 Å². The molecule has 0 aliphatic carbocycles. The number of nitrogens with one attached hydrogen (secondary N) is 2. The van der Waals surface area contributed by atoms with Gasteiger partial charge < -0.3 is 4.98 Å². The fourth-order valence-corrected chi connectivity index (χ4v) is 4.39. The zero-order valence-electron chi connectivity index (χ0n) is 15.7. The van der Waals surface area contributed by atoms with E-state index in [0.717, 1.165) is 28.3 Å². The van der Waals surface area contributed by atoms with Crippen LogP contribution in [0.15, 0.2) is 66.9 Å². The van der Waals surface area contributed by atoms with Crippen LogP contribution in [0.5, 0.6) is 0 Å². The Bertz CT molecular complexity index is 1370. The third kappa shape index (κ3) is 4.36. The molecule has 8 heteroatoms.